The van der Waals surface area contributed by atoms with E-state index in [0.29, 0.717) is 40.9 Å². The van der Waals surface area contributed by atoms with Gasteiger partial charge in [-0.2, -0.15) is 5.10 Å². The number of carbonyl (C=O) groups excluding carboxylic acids is 1. The van der Waals surface area contributed by atoms with Crippen molar-refractivity contribution < 1.29 is 9.53 Å². The van der Waals surface area contributed by atoms with Gasteiger partial charge in [-0.15, -0.1) is 0 Å². The molecule has 0 saturated carbocycles. The Hall–Kier alpha value is -3.73. The molecule has 8 heteroatoms. The van der Waals surface area contributed by atoms with E-state index in [9.17, 15) is 4.79 Å². The van der Waals surface area contributed by atoms with Gasteiger partial charge in [-0.3, -0.25) is 9.78 Å². The molecule has 0 fully saturated rings. The Morgan fingerprint density at radius 3 is 2.63 bits per heavy atom. The monoisotopic (exact) mass is 362 g/mol. The van der Waals surface area contributed by atoms with Crippen molar-refractivity contribution in [3.8, 4) is 23.0 Å². The fourth-order valence-electron chi connectivity index (χ4n) is 2.43. The molecular formula is C19H18N6O2. The van der Waals surface area contributed by atoms with Crippen molar-refractivity contribution in [3.63, 3.8) is 0 Å². The molecule has 3 rings (SSSR count). The lowest BCUT2D eigenvalue weighted by atomic mass is 10.2. The highest BCUT2D eigenvalue weighted by Gasteiger charge is 2.19. The Balaban J connectivity index is 2.12. The lowest BCUT2D eigenvalue weighted by Gasteiger charge is -2.11. The minimum Gasteiger partial charge on any atom is -0.481 e. The second kappa shape index (κ2) is 7.66. The molecule has 3 heterocycles. The summed E-state index contributed by atoms with van der Waals surface area (Å²) in [6.07, 6.45) is 3.10. The molecule has 0 aliphatic carbocycles. The minimum absolute atomic E-state index is 0.184. The summed E-state index contributed by atoms with van der Waals surface area (Å²) in [6.45, 7) is 9.53. The molecule has 0 spiro atoms. The third-order valence-corrected chi connectivity index (χ3v) is 4.06. The van der Waals surface area contributed by atoms with Crippen LogP contribution < -0.4 is 4.74 Å². The molecule has 0 aromatic carbocycles. The molecule has 0 N–H and O–H groups in total. The minimum atomic E-state index is -0.184. The summed E-state index contributed by atoms with van der Waals surface area (Å²) in [6, 6.07) is 8.62. The van der Waals surface area contributed by atoms with E-state index in [-0.39, 0.29) is 5.91 Å². The number of nitrogens with zero attached hydrogens (tertiary/aromatic N) is 6. The number of hydrogen-bond acceptors (Lipinski definition) is 5. The highest BCUT2D eigenvalue weighted by molar-refractivity contribution is 5.93. The molecule has 136 valence electrons. The number of pyridine rings is 2. The fourth-order valence-corrected chi connectivity index (χ4v) is 2.43. The Labute approximate surface area is 156 Å². The summed E-state index contributed by atoms with van der Waals surface area (Å²) in [4.78, 5) is 26.0. The maximum atomic E-state index is 12.6. The highest BCUT2D eigenvalue weighted by Crippen LogP contribution is 2.25. The summed E-state index contributed by atoms with van der Waals surface area (Å²) in [5, 5.41) is 4.47. The average Bonchev–Trinajstić information content (AvgIpc) is 3.18. The van der Waals surface area contributed by atoms with Crippen molar-refractivity contribution in [2.75, 3.05) is 20.7 Å². The van der Waals surface area contributed by atoms with E-state index in [1.165, 1.54) is 6.20 Å². The molecule has 0 bridgehead atoms. The lowest BCUT2D eigenvalue weighted by Crippen LogP contribution is -2.26. The van der Waals surface area contributed by atoms with Crippen molar-refractivity contribution >= 4 is 11.6 Å². The Morgan fingerprint density at radius 2 is 2.07 bits per heavy atom. The molecule has 0 aliphatic rings. The van der Waals surface area contributed by atoms with Crippen molar-refractivity contribution in [1.82, 2.24) is 24.6 Å². The average molecular weight is 362 g/mol. The number of carbonyl (C=O) groups is 1. The first-order valence-electron chi connectivity index (χ1n) is 8.27. The molecule has 0 radical (unpaired) electrons. The summed E-state index contributed by atoms with van der Waals surface area (Å²) in [7, 11) is 3.26. The SMILES string of the molecule is [C-]#[N+]c1ccc(-c2cc(C(=O)N(C)CC)nn2-c2ccc(OC)nc2)nc1. The summed E-state index contributed by atoms with van der Waals surface area (Å²) in [5.41, 5.74) is 2.65. The normalized spacial score (nSPS) is 10.3. The topological polar surface area (TPSA) is 77.5 Å². The molecule has 27 heavy (non-hydrogen) atoms. The third kappa shape index (κ3) is 3.62. The van der Waals surface area contributed by atoms with Gasteiger partial charge in [-0.25, -0.2) is 14.5 Å². The zero-order valence-corrected chi connectivity index (χ0v) is 15.2. The zero-order valence-electron chi connectivity index (χ0n) is 15.2. The zero-order chi connectivity index (χ0) is 19.4. The highest BCUT2D eigenvalue weighted by atomic mass is 16.5. The number of ether oxygens (including phenoxy) is 1. The van der Waals surface area contributed by atoms with Crippen molar-refractivity contribution in [1.29, 1.82) is 0 Å². The van der Waals surface area contributed by atoms with Gasteiger partial charge in [0.25, 0.3) is 5.91 Å². The quantitative estimate of drug-likeness (QED) is 0.652. The van der Waals surface area contributed by atoms with Crippen LogP contribution in [-0.4, -0.2) is 51.3 Å². The molecule has 0 atom stereocenters. The number of rotatable bonds is 5. The van der Waals surface area contributed by atoms with Crippen LogP contribution in [0.3, 0.4) is 0 Å². The van der Waals surface area contributed by atoms with E-state index in [4.69, 9.17) is 11.3 Å². The molecule has 0 saturated heterocycles. The predicted molar refractivity (Wildman–Crippen MR) is 100 cm³/mol. The molecule has 3 aromatic heterocycles. The van der Waals surface area contributed by atoms with Crippen LogP contribution in [0.4, 0.5) is 5.69 Å². The maximum Gasteiger partial charge on any atom is 0.274 e. The van der Waals surface area contributed by atoms with Gasteiger partial charge in [0, 0.05) is 25.9 Å². The molecule has 1 amide bonds. The van der Waals surface area contributed by atoms with E-state index in [2.05, 4.69) is 19.9 Å². The first-order valence-corrected chi connectivity index (χ1v) is 8.27. The molecule has 0 aliphatic heterocycles. The van der Waals surface area contributed by atoms with Crippen LogP contribution in [-0.2, 0) is 0 Å². The first kappa shape index (κ1) is 18.1. The van der Waals surface area contributed by atoms with Gasteiger partial charge in [0.05, 0.1) is 37.0 Å². The van der Waals surface area contributed by atoms with Crippen LogP contribution >= 0.6 is 0 Å². The van der Waals surface area contributed by atoms with E-state index < -0.39 is 0 Å². The summed E-state index contributed by atoms with van der Waals surface area (Å²) >= 11 is 0. The molecule has 0 unspecified atom stereocenters. The van der Waals surface area contributed by atoms with Crippen molar-refractivity contribution in [2.24, 2.45) is 0 Å². The summed E-state index contributed by atoms with van der Waals surface area (Å²) < 4.78 is 6.71. The van der Waals surface area contributed by atoms with Gasteiger partial charge >= 0.3 is 0 Å². The van der Waals surface area contributed by atoms with E-state index in [0.717, 1.165) is 0 Å². The number of aromatic nitrogens is 4. The fraction of sp³-hybridized carbons (Fsp3) is 0.211. The van der Waals surface area contributed by atoms with E-state index >= 15 is 0 Å². The molecule has 8 nitrogen and oxygen atoms in total. The van der Waals surface area contributed by atoms with Crippen LogP contribution in [0.1, 0.15) is 17.4 Å². The van der Waals surface area contributed by atoms with Gasteiger partial charge in [0.1, 0.15) is 0 Å². The van der Waals surface area contributed by atoms with Gasteiger partial charge in [-0.1, -0.05) is 6.07 Å². The second-order valence-corrected chi connectivity index (χ2v) is 5.72. The van der Waals surface area contributed by atoms with Gasteiger partial charge < -0.3 is 9.64 Å². The van der Waals surface area contributed by atoms with Crippen LogP contribution in [0.2, 0.25) is 0 Å². The maximum absolute atomic E-state index is 12.6. The Bertz CT molecular complexity index is 987. The summed E-state index contributed by atoms with van der Waals surface area (Å²) in [5.74, 6) is 0.297. The predicted octanol–water partition coefficient (Wildman–Crippen LogP) is 2.98. The lowest BCUT2D eigenvalue weighted by molar-refractivity contribution is 0.0796. The number of methoxy groups -OCH3 is 1. The Morgan fingerprint density at radius 1 is 1.26 bits per heavy atom. The van der Waals surface area contributed by atoms with E-state index in [1.54, 1.807) is 60.3 Å². The van der Waals surface area contributed by atoms with Crippen LogP contribution in [0.15, 0.2) is 42.7 Å². The van der Waals surface area contributed by atoms with Gasteiger partial charge in [0.2, 0.25) is 11.6 Å². The molecular weight excluding hydrogens is 344 g/mol. The smallest absolute Gasteiger partial charge is 0.274 e. The number of hydrogen-bond donors (Lipinski definition) is 0. The van der Waals surface area contributed by atoms with Crippen LogP contribution in [0, 0.1) is 6.57 Å². The number of amides is 1. The third-order valence-electron chi connectivity index (χ3n) is 4.06. The van der Waals surface area contributed by atoms with Crippen molar-refractivity contribution in [2.45, 2.75) is 6.92 Å². The standard InChI is InChI=1S/C19H18N6O2/c1-5-24(3)19(26)16-10-17(15-8-6-13(20-2)11-21-15)25(23-16)14-7-9-18(27-4)22-12-14/h6-12H,5H2,1,3-4H3. The second-order valence-electron chi connectivity index (χ2n) is 5.72. The Kier molecular flexibility index (Phi) is 5.13. The van der Waals surface area contributed by atoms with E-state index in [1.807, 2.05) is 6.92 Å². The first-order chi connectivity index (χ1) is 13.1. The van der Waals surface area contributed by atoms with Gasteiger partial charge in [0.15, 0.2) is 5.69 Å². The molecule has 3 aromatic rings. The van der Waals surface area contributed by atoms with Crippen LogP contribution in [0.25, 0.3) is 21.9 Å². The van der Waals surface area contributed by atoms with Crippen molar-refractivity contribution in [3.05, 3.63) is 59.8 Å². The van der Waals surface area contributed by atoms with Crippen LogP contribution in [0.5, 0.6) is 5.88 Å². The largest absolute Gasteiger partial charge is 0.481 e. The van der Waals surface area contributed by atoms with Gasteiger partial charge in [-0.05, 0) is 25.1 Å².